The number of hydrogen-bond donors (Lipinski definition) is 0. The molecular weight excluding hydrogens is 360 g/mol. The number of aryl methyl sites for hydroxylation is 1. The van der Waals surface area contributed by atoms with Crippen LogP contribution in [-0.2, 0) is 26.8 Å². The van der Waals surface area contributed by atoms with Gasteiger partial charge >= 0.3 is 5.97 Å². The number of esters is 1. The highest BCUT2D eigenvalue weighted by molar-refractivity contribution is 5.69. The molecule has 0 aliphatic carbocycles. The van der Waals surface area contributed by atoms with Gasteiger partial charge < -0.3 is 9.47 Å². The Morgan fingerprint density at radius 2 is 1.48 bits per heavy atom. The van der Waals surface area contributed by atoms with Gasteiger partial charge in [0.25, 0.3) is 0 Å². The molecule has 0 saturated heterocycles. The minimum Gasteiger partial charge on any atom is -0.496 e. The summed E-state index contributed by atoms with van der Waals surface area (Å²) in [6.07, 6.45) is 5.68. The molecule has 0 unspecified atom stereocenters. The molecule has 3 nitrogen and oxygen atoms in total. The largest absolute Gasteiger partial charge is 0.496 e. The highest BCUT2D eigenvalue weighted by Gasteiger charge is 2.27. The zero-order chi connectivity index (χ0) is 22.2. The maximum absolute atomic E-state index is 12.2. The summed E-state index contributed by atoms with van der Waals surface area (Å²) in [6.45, 7) is 18.3. The molecule has 0 atom stereocenters. The Balaban J connectivity index is 2.75. The standard InChI is InChI=1S/C26H44O3/c1-19(2)13-11-10-12-16-29-23(27)15-14-20-17-21(25(3,4)5)24(28-9)22(18-20)26(6,7)8/h17-19H,10-16H2,1-9H3. The summed E-state index contributed by atoms with van der Waals surface area (Å²) in [6, 6.07) is 4.40. The number of hydrogen-bond acceptors (Lipinski definition) is 3. The summed E-state index contributed by atoms with van der Waals surface area (Å²) in [5.41, 5.74) is 3.51. The van der Waals surface area contributed by atoms with Gasteiger partial charge in [0.2, 0.25) is 0 Å². The summed E-state index contributed by atoms with van der Waals surface area (Å²) >= 11 is 0. The maximum atomic E-state index is 12.2. The van der Waals surface area contributed by atoms with Gasteiger partial charge in [-0.3, -0.25) is 4.79 Å². The van der Waals surface area contributed by atoms with Gasteiger partial charge in [0.05, 0.1) is 13.7 Å². The molecule has 0 spiro atoms. The average Bonchev–Trinajstić information content (AvgIpc) is 2.60. The lowest BCUT2D eigenvalue weighted by atomic mass is 9.78. The van der Waals surface area contributed by atoms with Gasteiger partial charge in [-0.05, 0) is 35.2 Å². The number of rotatable bonds is 10. The van der Waals surface area contributed by atoms with E-state index in [1.54, 1.807) is 7.11 Å². The van der Waals surface area contributed by atoms with Crippen molar-refractivity contribution in [3.05, 3.63) is 28.8 Å². The average molecular weight is 405 g/mol. The van der Waals surface area contributed by atoms with Crippen molar-refractivity contribution in [2.45, 2.75) is 105 Å². The first kappa shape index (κ1) is 25.5. The summed E-state index contributed by atoms with van der Waals surface area (Å²) in [5, 5.41) is 0. The van der Waals surface area contributed by atoms with E-state index < -0.39 is 0 Å². The first-order valence-corrected chi connectivity index (χ1v) is 11.2. The number of carbonyl (C=O) groups is 1. The SMILES string of the molecule is COc1c(C(C)(C)C)cc(CCC(=O)OCCCCCC(C)C)cc1C(C)(C)C. The summed E-state index contributed by atoms with van der Waals surface area (Å²) in [4.78, 5) is 12.2. The van der Waals surface area contributed by atoms with Gasteiger partial charge in [0, 0.05) is 17.5 Å². The smallest absolute Gasteiger partial charge is 0.306 e. The molecule has 1 rings (SSSR count). The number of benzene rings is 1. The third-order valence-electron chi connectivity index (χ3n) is 5.28. The van der Waals surface area contributed by atoms with Crippen LogP contribution >= 0.6 is 0 Å². The third-order valence-corrected chi connectivity index (χ3v) is 5.28. The van der Waals surface area contributed by atoms with Crippen LogP contribution < -0.4 is 4.74 Å². The van der Waals surface area contributed by atoms with E-state index in [9.17, 15) is 4.79 Å². The van der Waals surface area contributed by atoms with Gasteiger partial charge in [-0.1, -0.05) is 86.8 Å². The van der Waals surface area contributed by atoms with Gasteiger partial charge in [-0.25, -0.2) is 0 Å². The van der Waals surface area contributed by atoms with Gasteiger partial charge in [-0.2, -0.15) is 0 Å². The van der Waals surface area contributed by atoms with E-state index in [0.717, 1.165) is 24.5 Å². The van der Waals surface area contributed by atoms with E-state index in [1.807, 2.05) is 0 Å². The minimum atomic E-state index is -0.0979. The molecular formula is C26H44O3. The Bertz CT molecular complexity index is 610. The normalized spacial score (nSPS) is 12.3. The van der Waals surface area contributed by atoms with Gasteiger partial charge in [0.15, 0.2) is 0 Å². The van der Waals surface area contributed by atoms with Crippen LogP contribution in [0.25, 0.3) is 0 Å². The quantitative estimate of drug-likeness (QED) is 0.311. The molecule has 166 valence electrons. The molecule has 0 radical (unpaired) electrons. The molecule has 29 heavy (non-hydrogen) atoms. The van der Waals surface area contributed by atoms with Crippen LogP contribution in [-0.4, -0.2) is 19.7 Å². The second-order valence-electron chi connectivity index (χ2n) is 10.7. The predicted octanol–water partition coefficient (Wildman–Crippen LogP) is 6.98. The Labute approximate surface area is 179 Å². The monoisotopic (exact) mass is 404 g/mol. The van der Waals surface area contributed by atoms with E-state index in [4.69, 9.17) is 9.47 Å². The molecule has 0 fully saturated rings. The van der Waals surface area contributed by atoms with Crippen molar-refractivity contribution in [1.82, 2.24) is 0 Å². The zero-order valence-corrected chi connectivity index (χ0v) is 20.4. The second-order valence-corrected chi connectivity index (χ2v) is 10.7. The van der Waals surface area contributed by atoms with E-state index in [1.165, 1.54) is 29.5 Å². The van der Waals surface area contributed by atoms with Crippen LogP contribution in [0.2, 0.25) is 0 Å². The van der Waals surface area contributed by atoms with Crippen LogP contribution in [0.5, 0.6) is 5.75 Å². The molecule has 0 amide bonds. The molecule has 0 aliphatic heterocycles. The number of unbranched alkanes of at least 4 members (excludes halogenated alkanes) is 2. The number of ether oxygens (including phenoxy) is 2. The topological polar surface area (TPSA) is 35.5 Å². The Morgan fingerprint density at radius 1 is 0.931 bits per heavy atom. The molecule has 1 aromatic carbocycles. The van der Waals surface area contributed by atoms with Crippen molar-refractivity contribution < 1.29 is 14.3 Å². The highest BCUT2D eigenvalue weighted by Crippen LogP contribution is 2.40. The fourth-order valence-corrected chi connectivity index (χ4v) is 3.50. The minimum absolute atomic E-state index is 0.0299. The van der Waals surface area contributed by atoms with E-state index in [-0.39, 0.29) is 16.8 Å². The number of carbonyl (C=O) groups excluding carboxylic acids is 1. The Kier molecular flexibility index (Phi) is 9.71. The van der Waals surface area contributed by atoms with Crippen molar-refractivity contribution in [3.63, 3.8) is 0 Å². The second kappa shape index (κ2) is 11.0. The maximum Gasteiger partial charge on any atom is 0.306 e. The van der Waals surface area contributed by atoms with E-state index in [2.05, 4.69) is 67.5 Å². The van der Waals surface area contributed by atoms with Crippen molar-refractivity contribution in [3.8, 4) is 5.75 Å². The fourth-order valence-electron chi connectivity index (χ4n) is 3.50. The molecule has 0 N–H and O–H groups in total. The van der Waals surface area contributed by atoms with Gasteiger partial charge in [-0.15, -0.1) is 0 Å². The summed E-state index contributed by atoms with van der Waals surface area (Å²) in [7, 11) is 1.75. The fraction of sp³-hybridized carbons (Fsp3) is 0.731. The molecule has 0 aromatic heterocycles. The first-order valence-electron chi connectivity index (χ1n) is 11.2. The third kappa shape index (κ3) is 8.80. The van der Waals surface area contributed by atoms with Crippen LogP contribution in [0, 0.1) is 5.92 Å². The van der Waals surface area contributed by atoms with Crippen molar-refractivity contribution in [2.75, 3.05) is 13.7 Å². The lowest BCUT2D eigenvalue weighted by Crippen LogP contribution is -2.20. The van der Waals surface area contributed by atoms with Crippen molar-refractivity contribution in [1.29, 1.82) is 0 Å². The predicted molar refractivity (Wildman–Crippen MR) is 123 cm³/mol. The zero-order valence-electron chi connectivity index (χ0n) is 20.4. The van der Waals surface area contributed by atoms with Crippen LogP contribution in [0.4, 0.5) is 0 Å². The van der Waals surface area contributed by atoms with Crippen LogP contribution in [0.1, 0.15) is 104 Å². The Morgan fingerprint density at radius 3 is 1.93 bits per heavy atom. The highest BCUT2D eigenvalue weighted by atomic mass is 16.5. The van der Waals surface area contributed by atoms with Crippen LogP contribution in [0.3, 0.4) is 0 Å². The molecule has 0 saturated carbocycles. The lowest BCUT2D eigenvalue weighted by Gasteiger charge is -2.30. The molecule has 1 aromatic rings. The molecule has 3 heteroatoms. The first-order chi connectivity index (χ1) is 13.4. The Hall–Kier alpha value is -1.51. The lowest BCUT2D eigenvalue weighted by molar-refractivity contribution is -0.143. The van der Waals surface area contributed by atoms with E-state index >= 15 is 0 Å². The number of methoxy groups -OCH3 is 1. The van der Waals surface area contributed by atoms with Crippen molar-refractivity contribution in [2.24, 2.45) is 5.92 Å². The van der Waals surface area contributed by atoms with Gasteiger partial charge in [0.1, 0.15) is 5.75 Å². The van der Waals surface area contributed by atoms with Crippen molar-refractivity contribution >= 4 is 5.97 Å². The van der Waals surface area contributed by atoms with Crippen LogP contribution in [0.15, 0.2) is 12.1 Å². The molecule has 0 aliphatic rings. The van der Waals surface area contributed by atoms with E-state index in [0.29, 0.717) is 19.4 Å². The molecule has 0 heterocycles. The molecule has 0 bridgehead atoms. The summed E-state index contributed by atoms with van der Waals surface area (Å²) in [5.74, 6) is 1.62. The summed E-state index contributed by atoms with van der Waals surface area (Å²) < 4.78 is 11.3.